The number of hydrogen-bond donors (Lipinski definition) is 1. The lowest BCUT2D eigenvalue weighted by Gasteiger charge is -2.23. The summed E-state index contributed by atoms with van der Waals surface area (Å²) in [4.78, 5) is 8.44. The Morgan fingerprint density at radius 1 is 1.00 bits per heavy atom. The van der Waals surface area contributed by atoms with Crippen molar-refractivity contribution in [2.45, 2.75) is 63.6 Å². The van der Waals surface area contributed by atoms with E-state index in [1.165, 1.54) is 0 Å². The highest BCUT2D eigenvalue weighted by Crippen LogP contribution is 2.36. The van der Waals surface area contributed by atoms with E-state index in [2.05, 4.69) is 15.3 Å². The van der Waals surface area contributed by atoms with Crippen LogP contribution >= 0.6 is 0 Å². The highest BCUT2D eigenvalue weighted by atomic mass is 19.4. The van der Waals surface area contributed by atoms with Crippen molar-refractivity contribution in [2.24, 2.45) is 0 Å². The number of halogens is 3. The predicted molar refractivity (Wildman–Crippen MR) is 72.9 cm³/mol. The lowest BCUT2D eigenvalue weighted by molar-refractivity contribution is -0.142. The summed E-state index contributed by atoms with van der Waals surface area (Å²) in [6, 6.07) is 0. The lowest BCUT2D eigenvalue weighted by atomic mass is 9.97. The van der Waals surface area contributed by atoms with Crippen molar-refractivity contribution in [1.29, 1.82) is 0 Å². The molecule has 1 aliphatic carbocycles. The van der Waals surface area contributed by atoms with Crippen molar-refractivity contribution in [3.8, 4) is 0 Å². The summed E-state index contributed by atoms with van der Waals surface area (Å²) in [6.45, 7) is 0.975. The first kappa shape index (κ1) is 14.8. The molecule has 0 bridgehead atoms. The van der Waals surface area contributed by atoms with Gasteiger partial charge in [0.1, 0.15) is 5.82 Å². The van der Waals surface area contributed by atoms with E-state index in [0.29, 0.717) is 36.6 Å². The van der Waals surface area contributed by atoms with Crippen LogP contribution in [0.1, 0.15) is 67.2 Å². The minimum absolute atomic E-state index is 0.0841. The van der Waals surface area contributed by atoms with Crippen LogP contribution < -0.4 is 5.32 Å². The van der Waals surface area contributed by atoms with Crippen LogP contribution in [0.3, 0.4) is 0 Å². The Balaban J connectivity index is 2.01. The summed E-state index contributed by atoms with van der Waals surface area (Å²) in [5.41, 5.74) is 0.134. The van der Waals surface area contributed by atoms with E-state index in [0.717, 1.165) is 38.5 Å². The van der Waals surface area contributed by atoms with Gasteiger partial charge in [0.05, 0.1) is 5.69 Å². The molecule has 3 nitrogen and oxygen atoms in total. The fraction of sp³-hybridized carbons (Fsp3) is 0.733. The lowest BCUT2D eigenvalue weighted by Crippen LogP contribution is -2.29. The summed E-state index contributed by atoms with van der Waals surface area (Å²) in [7, 11) is 0. The van der Waals surface area contributed by atoms with Crippen molar-refractivity contribution >= 4 is 0 Å². The molecule has 3 rings (SSSR count). The Morgan fingerprint density at radius 3 is 2.38 bits per heavy atom. The molecule has 116 valence electrons. The molecule has 1 N–H and O–H groups in total. The highest BCUT2D eigenvalue weighted by Gasteiger charge is 2.38. The van der Waals surface area contributed by atoms with Gasteiger partial charge in [0.25, 0.3) is 0 Å². The predicted octanol–water partition coefficient (Wildman–Crippen LogP) is 3.58. The van der Waals surface area contributed by atoms with Crippen molar-refractivity contribution in [1.82, 2.24) is 15.3 Å². The molecule has 1 aromatic rings. The first-order valence-corrected chi connectivity index (χ1v) is 7.73. The summed E-state index contributed by atoms with van der Waals surface area (Å²) in [5, 5.41) is 3.10. The van der Waals surface area contributed by atoms with Gasteiger partial charge in [-0.1, -0.05) is 25.7 Å². The van der Waals surface area contributed by atoms with Crippen molar-refractivity contribution < 1.29 is 13.2 Å². The maximum absolute atomic E-state index is 13.3. The van der Waals surface area contributed by atoms with Gasteiger partial charge >= 0.3 is 6.18 Å². The standard InChI is InChI=1S/C15H20F3N3/c16-15(17,18)13-11-7-8-19-9-12(11)20-14(21-13)10-5-3-1-2-4-6-10/h10,19H,1-9H2. The van der Waals surface area contributed by atoms with Crippen LogP contribution in [0.4, 0.5) is 13.2 Å². The van der Waals surface area contributed by atoms with Crippen molar-refractivity contribution in [3.05, 3.63) is 22.8 Å². The van der Waals surface area contributed by atoms with Gasteiger partial charge in [0.15, 0.2) is 5.69 Å². The number of nitrogens with zero attached hydrogens (tertiary/aromatic N) is 2. The minimum atomic E-state index is -4.39. The normalized spacial score (nSPS) is 20.9. The molecule has 0 saturated heterocycles. The van der Waals surface area contributed by atoms with E-state index in [4.69, 9.17) is 0 Å². The van der Waals surface area contributed by atoms with Gasteiger partial charge in [0.2, 0.25) is 0 Å². The van der Waals surface area contributed by atoms with E-state index in [-0.39, 0.29) is 5.92 Å². The Bertz CT molecular complexity index is 506. The fourth-order valence-corrected chi connectivity index (χ4v) is 3.33. The molecule has 1 fully saturated rings. The average molecular weight is 299 g/mol. The molecule has 2 aliphatic rings. The van der Waals surface area contributed by atoms with Gasteiger partial charge in [0, 0.05) is 18.0 Å². The Kier molecular flexibility index (Phi) is 4.15. The SMILES string of the molecule is FC(F)(F)c1nc(C2CCCCCC2)nc2c1CCNC2. The molecule has 1 aliphatic heterocycles. The molecule has 0 unspecified atom stereocenters. The second kappa shape index (κ2) is 5.91. The van der Waals surface area contributed by atoms with Crippen molar-refractivity contribution in [3.63, 3.8) is 0 Å². The van der Waals surface area contributed by atoms with Gasteiger partial charge in [-0.05, 0) is 25.8 Å². The molecule has 6 heteroatoms. The zero-order valence-corrected chi connectivity index (χ0v) is 12.0. The van der Waals surface area contributed by atoms with Gasteiger partial charge in [-0.2, -0.15) is 13.2 Å². The fourth-order valence-electron chi connectivity index (χ4n) is 3.33. The first-order valence-electron chi connectivity index (χ1n) is 7.73. The average Bonchev–Trinajstić information content (AvgIpc) is 2.74. The summed E-state index contributed by atoms with van der Waals surface area (Å²) >= 11 is 0. The molecule has 1 saturated carbocycles. The van der Waals surface area contributed by atoms with E-state index >= 15 is 0 Å². The third-order valence-corrected chi connectivity index (χ3v) is 4.44. The molecule has 0 atom stereocenters. The van der Waals surface area contributed by atoms with Crippen LogP contribution in [0.25, 0.3) is 0 Å². The van der Waals surface area contributed by atoms with Crippen LogP contribution in [0.15, 0.2) is 0 Å². The van der Waals surface area contributed by atoms with E-state index in [1.54, 1.807) is 0 Å². The number of alkyl halides is 3. The zero-order chi connectivity index (χ0) is 14.9. The molecule has 0 spiro atoms. The van der Waals surface area contributed by atoms with E-state index < -0.39 is 11.9 Å². The third-order valence-electron chi connectivity index (χ3n) is 4.44. The molecule has 21 heavy (non-hydrogen) atoms. The molecule has 0 amide bonds. The molecule has 0 radical (unpaired) electrons. The number of aromatic nitrogens is 2. The number of rotatable bonds is 1. The monoisotopic (exact) mass is 299 g/mol. The maximum Gasteiger partial charge on any atom is 0.433 e. The van der Waals surface area contributed by atoms with Crippen LogP contribution in [0.2, 0.25) is 0 Å². The Morgan fingerprint density at radius 2 is 1.71 bits per heavy atom. The molecular formula is C15H20F3N3. The molecule has 2 heterocycles. The minimum Gasteiger partial charge on any atom is -0.311 e. The van der Waals surface area contributed by atoms with Crippen LogP contribution in [0.5, 0.6) is 0 Å². The van der Waals surface area contributed by atoms with Gasteiger partial charge in [-0.25, -0.2) is 9.97 Å². The number of fused-ring (bicyclic) bond motifs is 1. The first-order chi connectivity index (χ1) is 10.1. The van der Waals surface area contributed by atoms with Gasteiger partial charge in [-0.3, -0.25) is 0 Å². The summed E-state index contributed by atoms with van der Waals surface area (Å²) < 4.78 is 39.9. The highest BCUT2D eigenvalue weighted by molar-refractivity contribution is 5.31. The Labute approximate surface area is 122 Å². The topological polar surface area (TPSA) is 37.8 Å². The van der Waals surface area contributed by atoms with E-state index in [1.807, 2.05) is 0 Å². The van der Waals surface area contributed by atoms with Crippen molar-refractivity contribution in [2.75, 3.05) is 6.54 Å². The smallest absolute Gasteiger partial charge is 0.311 e. The number of nitrogens with one attached hydrogen (secondary N) is 1. The van der Waals surface area contributed by atoms with Gasteiger partial charge in [-0.15, -0.1) is 0 Å². The summed E-state index contributed by atoms with van der Waals surface area (Å²) in [5.74, 6) is 0.493. The summed E-state index contributed by atoms with van der Waals surface area (Å²) in [6.07, 6.45) is 2.23. The Hall–Kier alpha value is -1.17. The van der Waals surface area contributed by atoms with Crippen LogP contribution in [-0.4, -0.2) is 16.5 Å². The second-order valence-corrected chi connectivity index (χ2v) is 5.97. The maximum atomic E-state index is 13.3. The third kappa shape index (κ3) is 3.20. The quantitative estimate of drug-likeness (QED) is 0.805. The largest absolute Gasteiger partial charge is 0.433 e. The molecule has 0 aromatic carbocycles. The van der Waals surface area contributed by atoms with Crippen LogP contribution in [0, 0.1) is 0 Å². The van der Waals surface area contributed by atoms with E-state index in [9.17, 15) is 13.2 Å². The molecule has 1 aromatic heterocycles. The molecular weight excluding hydrogens is 279 g/mol. The van der Waals surface area contributed by atoms with Gasteiger partial charge < -0.3 is 5.32 Å². The second-order valence-electron chi connectivity index (χ2n) is 5.97. The zero-order valence-electron chi connectivity index (χ0n) is 12.0. The van der Waals surface area contributed by atoms with Crippen LogP contribution in [-0.2, 0) is 19.1 Å². The number of hydrogen-bond acceptors (Lipinski definition) is 3.